The maximum absolute atomic E-state index is 12.6. The lowest BCUT2D eigenvalue weighted by atomic mass is 9.77. The fourth-order valence-electron chi connectivity index (χ4n) is 3.23. The minimum atomic E-state index is -0.175. The molecule has 2 unspecified atom stereocenters. The molecule has 4 heteroatoms. The van der Waals surface area contributed by atoms with Crippen molar-refractivity contribution in [2.45, 2.75) is 65.8 Å². The monoisotopic (exact) mass is 297 g/mol. The third-order valence-corrected chi connectivity index (χ3v) is 5.01. The number of nitrogens with zero attached hydrogens (tertiary/aromatic N) is 1. The minimum Gasteiger partial charge on any atom is -0.353 e. The number of carbonyl (C=O) groups excluding carboxylic acids is 1. The van der Waals surface area contributed by atoms with E-state index in [-0.39, 0.29) is 17.4 Å². The van der Waals surface area contributed by atoms with Crippen LogP contribution in [-0.2, 0) is 4.79 Å². The van der Waals surface area contributed by atoms with E-state index in [2.05, 4.69) is 43.2 Å². The van der Waals surface area contributed by atoms with E-state index in [9.17, 15) is 4.79 Å². The van der Waals surface area contributed by atoms with Crippen molar-refractivity contribution >= 4 is 5.91 Å². The zero-order valence-electron chi connectivity index (χ0n) is 14.5. The van der Waals surface area contributed by atoms with E-state index in [1.165, 1.54) is 0 Å². The van der Waals surface area contributed by atoms with Crippen molar-refractivity contribution in [1.29, 1.82) is 0 Å². The number of piperidine rings is 1. The molecule has 0 aliphatic carbocycles. The lowest BCUT2D eigenvalue weighted by Crippen LogP contribution is -2.52. The molecule has 1 heterocycles. The molecule has 21 heavy (non-hydrogen) atoms. The van der Waals surface area contributed by atoms with Crippen LogP contribution in [0.25, 0.3) is 0 Å². The summed E-state index contributed by atoms with van der Waals surface area (Å²) in [5.74, 6) is 0.257. The average molecular weight is 297 g/mol. The standard InChI is InChI=1S/C17H35N3O/c1-5-17(11-9-12-18-14-17)16(21)19-15(4)10-8-13-20(6-2)7-3/h15,18H,5-14H2,1-4H3,(H,19,21). The van der Waals surface area contributed by atoms with Gasteiger partial charge in [0.05, 0.1) is 5.41 Å². The van der Waals surface area contributed by atoms with Crippen LogP contribution in [0.4, 0.5) is 0 Å². The number of hydrogen-bond donors (Lipinski definition) is 2. The van der Waals surface area contributed by atoms with E-state index >= 15 is 0 Å². The van der Waals surface area contributed by atoms with Gasteiger partial charge >= 0.3 is 0 Å². The first-order valence-electron chi connectivity index (χ1n) is 8.82. The summed E-state index contributed by atoms with van der Waals surface area (Å²) < 4.78 is 0. The zero-order chi connectivity index (χ0) is 15.7. The SMILES string of the molecule is CCN(CC)CCCC(C)NC(=O)C1(CC)CCCNC1. The van der Waals surface area contributed by atoms with Crippen molar-refractivity contribution in [3.05, 3.63) is 0 Å². The van der Waals surface area contributed by atoms with Crippen molar-refractivity contribution in [2.24, 2.45) is 5.41 Å². The molecule has 1 amide bonds. The lowest BCUT2D eigenvalue weighted by molar-refractivity contribution is -0.133. The van der Waals surface area contributed by atoms with E-state index in [1.807, 2.05) is 0 Å². The minimum absolute atomic E-state index is 0.175. The van der Waals surface area contributed by atoms with Crippen LogP contribution in [0.2, 0.25) is 0 Å². The number of nitrogens with one attached hydrogen (secondary N) is 2. The van der Waals surface area contributed by atoms with Crippen LogP contribution in [0, 0.1) is 5.41 Å². The van der Waals surface area contributed by atoms with Crippen molar-refractivity contribution in [3.8, 4) is 0 Å². The maximum Gasteiger partial charge on any atom is 0.227 e. The molecule has 2 N–H and O–H groups in total. The number of rotatable bonds is 9. The number of amides is 1. The van der Waals surface area contributed by atoms with Gasteiger partial charge in [-0.1, -0.05) is 20.8 Å². The highest BCUT2D eigenvalue weighted by molar-refractivity contribution is 5.83. The molecule has 1 saturated heterocycles. The second-order valence-corrected chi connectivity index (χ2v) is 6.46. The van der Waals surface area contributed by atoms with Crippen molar-refractivity contribution in [3.63, 3.8) is 0 Å². The van der Waals surface area contributed by atoms with Crippen LogP contribution in [-0.4, -0.2) is 49.6 Å². The fourth-order valence-corrected chi connectivity index (χ4v) is 3.23. The Morgan fingerprint density at radius 3 is 2.57 bits per heavy atom. The third-order valence-electron chi connectivity index (χ3n) is 5.01. The van der Waals surface area contributed by atoms with E-state index in [0.717, 1.165) is 64.8 Å². The molecule has 0 aromatic carbocycles. The third kappa shape index (κ3) is 5.59. The smallest absolute Gasteiger partial charge is 0.227 e. The summed E-state index contributed by atoms with van der Waals surface area (Å²) in [4.78, 5) is 15.0. The average Bonchev–Trinajstić information content (AvgIpc) is 2.52. The predicted molar refractivity (Wildman–Crippen MR) is 89.5 cm³/mol. The largest absolute Gasteiger partial charge is 0.353 e. The molecular weight excluding hydrogens is 262 g/mol. The lowest BCUT2D eigenvalue weighted by Gasteiger charge is -2.36. The molecule has 4 nitrogen and oxygen atoms in total. The summed E-state index contributed by atoms with van der Waals surface area (Å²) in [5.41, 5.74) is -0.175. The van der Waals surface area contributed by atoms with Gasteiger partial charge in [0.1, 0.15) is 0 Å². The van der Waals surface area contributed by atoms with Crippen LogP contribution in [0.1, 0.15) is 59.8 Å². The predicted octanol–water partition coefficient (Wildman–Crippen LogP) is 2.39. The summed E-state index contributed by atoms with van der Waals surface area (Å²) in [7, 11) is 0. The second-order valence-electron chi connectivity index (χ2n) is 6.46. The molecular formula is C17H35N3O. The van der Waals surface area contributed by atoms with Gasteiger partial charge in [0.15, 0.2) is 0 Å². The van der Waals surface area contributed by atoms with Crippen molar-refractivity contribution < 1.29 is 4.79 Å². The molecule has 0 saturated carbocycles. The topological polar surface area (TPSA) is 44.4 Å². The molecule has 124 valence electrons. The zero-order valence-corrected chi connectivity index (χ0v) is 14.5. The fraction of sp³-hybridized carbons (Fsp3) is 0.941. The normalized spacial score (nSPS) is 24.0. The number of carbonyl (C=O) groups is 1. The molecule has 0 aromatic rings. The van der Waals surface area contributed by atoms with Crippen molar-refractivity contribution in [1.82, 2.24) is 15.5 Å². The summed E-state index contributed by atoms with van der Waals surface area (Å²) >= 11 is 0. The van der Waals surface area contributed by atoms with Gasteiger partial charge in [0.2, 0.25) is 5.91 Å². The van der Waals surface area contributed by atoms with E-state index < -0.39 is 0 Å². The Balaban J connectivity index is 2.35. The highest BCUT2D eigenvalue weighted by Crippen LogP contribution is 2.30. The van der Waals surface area contributed by atoms with Gasteiger partial charge in [-0.15, -0.1) is 0 Å². The summed E-state index contributed by atoms with van der Waals surface area (Å²) in [6, 6.07) is 0.276. The highest BCUT2D eigenvalue weighted by atomic mass is 16.2. The van der Waals surface area contributed by atoms with Crippen LogP contribution >= 0.6 is 0 Å². The van der Waals surface area contributed by atoms with E-state index in [0.29, 0.717) is 0 Å². The van der Waals surface area contributed by atoms with Gasteiger partial charge in [-0.05, 0) is 65.2 Å². The molecule has 0 spiro atoms. The van der Waals surface area contributed by atoms with Crippen LogP contribution in [0.3, 0.4) is 0 Å². The van der Waals surface area contributed by atoms with Gasteiger partial charge in [0, 0.05) is 12.6 Å². The number of hydrogen-bond acceptors (Lipinski definition) is 3. The molecule has 0 radical (unpaired) electrons. The Hall–Kier alpha value is -0.610. The Labute approximate surface area is 131 Å². The summed E-state index contributed by atoms with van der Waals surface area (Å²) in [6.45, 7) is 13.9. The Bertz CT molecular complexity index is 296. The van der Waals surface area contributed by atoms with Gasteiger partial charge < -0.3 is 15.5 Å². The van der Waals surface area contributed by atoms with Crippen LogP contribution in [0.15, 0.2) is 0 Å². The second kappa shape index (κ2) is 9.42. The Morgan fingerprint density at radius 2 is 2.05 bits per heavy atom. The van der Waals surface area contributed by atoms with E-state index in [1.54, 1.807) is 0 Å². The molecule has 2 atom stereocenters. The van der Waals surface area contributed by atoms with Crippen LogP contribution in [0.5, 0.6) is 0 Å². The first-order valence-corrected chi connectivity index (χ1v) is 8.82. The summed E-state index contributed by atoms with van der Waals surface area (Å²) in [6.07, 6.45) is 5.28. The Morgan fingerprint density at radius 1 is 1.33 bits per heavy atom. The molecule has 1 aliphatic rings. The highest BCUT2D eigenvalue weighted by Gasteiger charge is 2.38. The van der Waals surface area contributed by atoms with Gasteiger partial charge in [-0.3, -0.25) is 4.79 Å². The Kier molecular flexibility index (Phi) is 8.27. The van der Waals surface area contributed by atoms with Crippen LogP contribution < -0.4 is 10.6 Å². The summed E-state index contributed by atoms with van der Waals surface area (Å²) in [5, 5.41) is 6.64. The first-order chi connectivity index (χ1) is 10.1. The van der Waals surface area contributed by atoms with Gasteiger partial charge in [-0.2, -0.15) is 0 Å². The molecule has 1 fully saturated rings. The van der Waals surface area contributed by atoms with Gasteiger partial charge in [-0.25, -0.2) is 0 Å². The quantitative estimate of drug-likeness (QED) is 0.687. The first kappa shape index (κ1) is 18.4. The molecule has 0 aromatic heterocycles. The maximum atomic E-state index is 12.6. The van der Waals surface area contributed by atoms with Crippen molar-refractivity contribution in [2.75, 3.05) is 32.7 Å². The van der Waals surface area contributed by atoms with E-state index in [4.69, 9.17) is 0 Å². The molecule has 0 bridgehead atoms. The van der Waals surface area contributed by atoms with Gasteiger partial charge in [0.25, 0.3) is 0 Å². The molecule has 1 rings (SSSR count). The molecule has 1 aliphatic heterocycles.